The Balaban J connectivity index is 1.89. The van der Waals surface area contributed by atoms with Crippen molar-refractivity contribution < 1.29 is 9.59 Å². The van der Waals surface area contributed by atoms with Crippen molar-refractivity contribution in [2.75, 3.05) is 13.1 Å². The van der Waals surface area contributed by atoms with E-state index in [1.165, 1.54) is 0 Å². The van der Waals surface area contributed by atoms with Gasteiger partial charge in [0.2, 0.25) is 11.8 Å². The summed E-state index contributed by atoms with van der Waals surface area (Å²) in [4.78, 5) is 27.9. The minimum Gasteiger partial charge on any atom is -0.356 e. The van der Waals surface area contributed by atoms with Gasteiger partial charge in [-0.1, -0.05) is 85.9 Å². The van der Waals surface area contributed by atoms with Crippen LogP contribution in [0.4, 0.5) is 0 Å². The van der Waals surface area contributed by atoms with E-state index in [-0.39, 0.29) is 11.8 Å². The molecule has 1 rings (SSSR count). The van der Waals surface area contributed by atoms with Crippen LogP contribution in [0.1, 0.15) is 89.5 Å². The summed E-state index contributed by atoms with van der Waals surface area (Å²) in [5.74, 6) is 0.145. The van der Waals surface area contributed by atoms with E-state index in [0.717, 1.165) is 69.8 Å². The van der Waals surface area contributed by atoms with Gasteiger partial charge in [0, 0.05) is 38.3 Å². The van der Waals surface area contributed by atoms with E-state index in [0.29, 0.717) is 25.9 Å². The van der Waals surface area contributed by atoms with Crippen LogP contribution in [0.15, 0.2) is 91.4 Å². The average Bonchev–Trinajstić information content (AvgIpc) is 2.94. The van der Waals surface area contributed by atoms with Crippen LogP contribution >= 0.6 is 0 Å². The van der Waals surface area contributed by atoms with Gasteiger partial charge >= 0.3 is 0 Å². The average molecular weight is 532 g/mol. The van der Waals surface area contributed by atoms with Crippen molar-refractivity contribution in [3.8, 4) is 0 Å². The van der Waals surface area contributed by atoms with Crippen molar-refractivity contribution in [1.82, 2.24) is 15.6 Å². The second-order valence-corrected chi connectivity index (χ2v) is 9.25. The van der Waals surface area contributed by atoms with Crippen molar-refractivity contribution in [2.24, 2.45) is 0 Å². The molecule has 0 spiro atoms. The highest BCUT2D eigenvalue weighted by Crippen LogP contribution is 2.01. The fourth-order valence-electron chi connectivity index (χ4n) is 3.57. The zero-order chi connectivity index (χ0) is 28.1. The zero-order valence-electron chi connectivity index (χ0n) is 23.9. The third-order valence-electron chi connectivity index (χ3n) is 5.73. The van der Waals surface area contributed by atoms with Gasteiger partial charge in [0.1, 0.15) is 0 Å². The molecule has 0 unspecified atom stereocenters. The van der Waals surface area contributed by atoms with Crippen LogP contribution < -0.4 is 10.6 Å². The van der Waals surface area contributed by atoms with E-state index in [1.54, 1.807) is 12.4 Å². The molecule has 1 heterocycles. The van der Waals surface area contributed by atoms with E-state index in [1.807, 2.05) is 24.3 Å². The van der Waals surface area contributed by atoms with Crippen molar-refractivity contribution in [1.29, 1.82) is 0 Å². The van der Waals surface area contributed by atoms with E-state index >= 15 is 0 Å². The SMILES string of the molecule is CC/C=C\C/C=C\C/C=C\C/C=C\C/C=C\CCCC(=O)NCCCCCNC(=O)C/C=C/c1cccnc1. The quantitative estimate of drug-likeness (QED) is 0.118. The minimum atomic E-state index is 0.0240. The molecule has 0 saturated carbocycles. The Morgan fingerprint density at radius 1 is 0.718 bits per heavy atom. The summed E-state index contributed by atoms with van der Waals surface area (Å²) in [6.45, 7) is 3.51. The summed E-state index contributed by atoms with van der Waals surface area (Å²) in [7, 11) is 0. The van der Waals surface area contributed by atoms with Crippen molar-refractivity contribution in [2.45, 2.75) is 84.0 Å². The Kier molecular flexibility index (Phi) is 22.5. The lowest BCUT2D eigenvalue weighted by Gasteiger charge is -2.06. The Labute approximate surface area is 237 Å². The van der Waals surface area contributed by atoms with Crippen LogP contribution in [0.3, 0.4) is 0 Å². The number of nitrogens with one attached hydrogen (secondary N) is 2. The maximum atomic E-state index is 12.0. The van der Waals surface area contributed by atoms with Gasteiger partial charge in [0.25, 0.3) is 0 Å². The number of carbonyl (C=O) groups excluding carboxylic acids is 2. The van der Waals surface area contributed by atoms with Gasteiger partial charge in [0.15, 0.2) is 0 Å². The first kappa shape index (κ1) is 33.6. The van der Waals surface area contributed by atoms with Crippen molar-refractivity contribution in [3.63, 3.8) is 0 Å². The first-order valence-corrected chi connectivity index (χ1v) is 14.6. The fraction of sp³-hybridized carbons (Fsp3) is 0.441. The molecule has 5 heteroatoms. The number of hydrogen-bond donors (Lipinski definition) is 2. The predicted molar refractivity (Wildman–Crippen MR) is 166 cm³/mol. The predicted octanol–water partition coefficient (Wildman–Crippen LogP) is 7.81. The number of allylic oxidation sites excluding steroid dienone is 10. The van der Waals surface area contributed by atoms with Gasteiger partial charge < -0.3 is 10.6 Å². The maximum Gasteiger partial charge on any atom is 0.223 e. The van der Waals surface area contributed by atoms with E-state index in [2.05, 4.69) is 83.3 Å². The molecule has 5 nitrogen and oxygen atoms in total. The van der Waals surface area contributed by atoms with Gasteiger partial charge in [-0.25, -0.2) is 0 Å². The molecule has 2 N–H and O–H groups in total. The summed E-state index contributed by atoms with van der Waals surface area (Å²) in [5.41, 5.74) is 0.988. The second kappa shape index (κ2) is 26.1. The number of rotatable bonds is 22. The molecule has 2 amide bonds. The topological polar surface area (TPSA) is 71.1 Å². The molecule has 0 aromatic carbocycles. The van der Waals surface area contributed by atoms with E-state index < -0.39 is 0 Å². The van der Waals surface area contributed by atoms with Crippen molar-refractivity contribution >= 4 is 17.9 Å². The third-order valence-corrected chi connectivity index (χ3v) is 5.73. The summed E-state index contributed by atoms with van der Waals surface area (Å²) in [5, 5.41) is 5.92. The molecule has 0 aliphatic heterocycles. The maximum absolute atomic E-state index is 12.0. The van der Waals surface area contributed by atoms with Crippen LogP contribution in [-0.2, 0) is 9.59 Å². The van der Waals surface area contributed by atoms with Gasteiger partial charge in [-0.15, -0.1) is 0 Å². The highest BCUT2D eigenvalue weighted by molar-refractivity contribution is 5.78. The number of carbonyl (C=O) groups is 2. The first-order valence-electron chi connectivity index (χ1n) is 14.6. The molecule has 39 heavy (non-hydrogen) atoms. The molecule has 0 saturated heterocycles. The fourth-order valence-corrected chi connectivity index (χ4v) is 3.57. The Morgan fingerprint density at radius 2 is 1.31 bits per heavy atom. The summed E-state index contributed by atoms with van der Waals surface area (Å²) in [6.07, 6.45) is 39.8. The second-order valence-electron chi connectivity index (χ2n) is 9.25. The molecule has 212 valence electrons. The lowest BCUT2D eigenvalue weighted by Crippen LogP contribution is -2.25. The molecular formula is C34H49N3O2. The normalized spacial score (nSPS) is 12.2. The van der Waals surface area contributed by atoms with Crippen LogP contribution in [0.5, 0.6) is 0 Å². The molecular weight excluding hydrogens is 482 g/mol. The Hall–Kier alpha value is -3.47. The van der Waals surface area contributed by atoms with Crippen LogP contribution in [0.2, 0.25) is 0 Å². The molecule has 0 aliphatic carbocycles. The lowest BCUT2D eigenvalue weighted by atomic mass is 10.2. The van der Waals surface area contributed by atoms with Gasteiger partial charge in [-0.2, -0.15) is 0 Å². The zero-order valence-corrected chi connectivity index (χ0v) is 23.9. The highest BCUT2D eigenvalue weighted by Gasteiger charge is 2.00. The van der Waals surface area contributed by atoms with Crippen LogP contribution in [0, 0.1) is 0 Å². The number of amides is 2. The van der Waals surface area contributed by atoms with E-state index in [9.17, 15) is 9.59 Å². The van der Waals surface area contributed by atoms with Gasteiger partial charge in [0.05, 0.1) is 0 Å². The number of aromatic nitrogens is 1. The third kappa shape index (κ3) is 23.4. The highest BCUT2D eigenvalue weighted by atomic mass is 16.2. The first-order chi connectivity index (χ1) is 19.2. The standard InChI is InChI=1S/C34H49N3O2/c1-2-3-4-5-6-7-8-9-10-11-12-13-14-15-16-17-19-26-33(38)36-29-20-18-21-30-37-34(39)27-22-24-32-25-23-28-35-31-32/h3-4,6-7,9-10,12-13,15-16,22-25,28,31H,2,5,8,11,14,17-21,26-27,29-30H2,1H3,(H,36,38)(H,37,39)/b4-3-,7-6-,10-9-,13-12-,16-15-,24-22+. The number of unbranched alkanes of at least 4 members (excludes halogenated alkanes) is 3. The molecule has 0 atom stereocenters. The largest absolute Gasteiger partial charge is 0.356 e. The number of pyridine rings is 1. The lowest BCUT2D eigenvalue weighted by molar-refractivity contribution is -0.121. The molecule has 0 radical (unpaired) electrons. The van der Waals surface area contributed by atoms with Crippen LogP contribution in [-0.4, -0.2) is 29.9 Å². The molecule has 0 bridgehead atoms. The monoisotopic (exact) mass is 531 g/mol. The van der Waals surface area contributed by atoms with E-state index in [4.69, 9.17) is 0 Å². The Bertz CT molecular complexity index is 927. The van der Waals surface area contributed by atoms with Crippen LogP contribution in [0.25, 0.3) is 6.08 Å². The smallest absolute Gasteiger partial charge is 0.223 e. The minimum absolute atomic E-state index is 0.0240. The molecule has 1 aromatic heterocycles. The molecule has 1 aromatic rings. The Morgan fingerprint density at radius 3 is 1.90 bits per heavy atom. The summed E-state index contributed by atoms with van der Waals surface area (Å²) >= 11 is 0. The number of nitrogens with zero attached hydrogens (tertiary/aromatic N) is 1. The molecule has 0 aliphatic rings. The molecule has 0 fully saturated rings. The van der Waals surface area contributed by atoms with Crippen molar-refractivity contribution in [3.05, 3.63) is 96.9 Å². The van der Waals surface area contributed by atoms with Gasteiger partial charge in [-0.3, -0.25) is 14.6 Å². The number of hydrogen-bond acceptors (Lipinski definition) is 3. The van der Waals surface area contributed by atoms with Gasteiger partial charge in [-0.05, 0) is 75.8 Å². The summed E-state index contributed by atoms with van der Waals surface area (Å²) in [6, 6.07) is 3.82. The summed E-state index contributed by atoms with van der Waals surface area (Å²) < 4.78 is 0.